The zero-order chi connectivity index (χ0) is 27.2. The molecular weight excluding hydrogens is 488 g/mol. The van der Waals surface area contributed by atoms with Crippen LogP contribution in [0.1, 0.15) is 44.9 Å². The molecule has 1 amide bonds. The van der Waals surface area contributed by atoms with Gasteiger partial charge in [-0.2, -0.15) is 5.10 Å². The van der Waals surface area contributed by atoms with Gasteiger partial charge in [-0.1, -0.05) is 39.0 Å². The first kappa shape index (κ1) is 25.4. The molecule has 0 aliphatic heterocycles. The molecule has 2 aromatic rings. The lowest BCUT2D eigenvalue weighted by Gasteiger charge is -2.61. The molecule has 0 spiro atoms. The number of carbonyl (C=O) groups excluding carboxylic acids is 1. The Morgan fingerprint density at radius 1 is 1.26 bits per heavy atom. The summed E-state index contributed by atoms with van der Waals surface area (Å²) in [5.41, 5.74) is -1.43. The van der Waals surface area contributed by atoms with Gasteiger partial charge in [0.25, 0.3) is 0 Å². The minimum atomic E-state index is -2.10. The molecule has 1 aromatic heterocycles. The van der Waals surface area contributed by atoms with Gasteiger partial charge >= 0.3 is 0 Å². The molecule has 202 valence electrons. The molecule has 4 aliphatic rings. The maximum atomic E-state index is 17.8. The van der Waals surface area contributed by atoms with E-state index in [4.69, 9.17) is 4.84 Å². The zero-order valence-corrected chi connectivity index (χ0v) is 22.5. The number of hydrogen-bond acceptors (Lipinski definition) is 4. The van der Waals surface area contributed by atoms with Gasteiger partial charge in [0.15, 0.2) is 5.67 Å². The number of aliphatic hydroxyl groups is 1. The number of hydroxylamine groups is 2. The quantitative estimate of drug-likeness (QED) is 0.571. The first-order valence-corrected chi connectivity index (χ1v) is 13.4. The Kier molecular flexibility index (Phi) is 5.57. The number of alkyl halides is 1. The van der Waals surface area contributed by atoms with Crippen molar-refractivity contribution in [3.63, 3.8) is 0 Å². The molecule has 2 fully saturated rings. The summed E-state index contributed by atoms with van der Waals surface area (Å²) >= 11 is 0. The standard InChI is InChI=1S/C30H35F2N3O3/c1-17-11-20-21-12-23(31)22-13-24-18(16-33-35(24)19-9-7-6-8-10-19)14-29(22,3)30(21,32)25(36)15-28(20,2)26(17)27(37)34(4)38-5/h6-10,12-13,16-17,20-21,25-26,36H,11,14-15H2,1-5H3/t17-,20?,21?,25+,26?,28+,29?,30+/m1/s1. The SMILES string of the molecule is CON(C)C(=O)C1[C@H](C)CC2C3C=C(F)C4=Cc5c(cnn5-c5ccccc5)CC4(C)[C@@]3(F)[C@@H](O)C[C@@]21C. The summed E-state index contributed by atoms with van der Waals surface area (Å²) in [5.74, 6) is -2.33. The van der Waals surface area contributed by atoms with E-state index in [1.54, 1.807) is 30.9 Å². The number of rotatable bonds is 3. The van der Waals surface area contributed by atoms with Gasteiger partial charge in [-0.15, -0.1) is 0 Å². The summed E-state index contributed by atoms with van der Waals surface area (Å²) in [4.78, 5) is 18.5. The topological polar surface area (TPSA) is 67.6 Å². The van der Waals surface area contributed by atoms with Crippen LogP contribution in [0.2, 0.25) is 0 Å². The van der Waals surface area contributed by atoms with Crippen LogP contribution in [0.25, 0.3) is 11.8 Å². The van der Waals surface area contributed by atoms with Crippen LogP contribution in [0, 0.1) is 34.5 Å². The molecule has 4 unspecified atom stereocenters. The van der Waals surface area contributed by atoms with E-state index in [2.05, 4.69) is 5.10 Å². The Hall–Kier alpha value is -2.84. The van der Waals surface area contributed by atoms with E-state index >= 15 is 8.78 Å². The van der Waals surface area contributed by atoms with Crippen molar-refractivity contribution in [1.82, 2.24) is 14.8 Å². The predicted molar refractivity (Wildman–Crippen MR) is 139 cm³/mol. The molecule has 6 rings (SSSR count). The van der Waals surface area contributed by atoms with Gasteiger partial charge in [0.05, 0.1) is 30.8 Å². The molecule has 2 saturated carbocycles. The van der Waals surface area contributed by atoms with Crippen molar-refractivity contribution in [3.8, 4) is 5.69 Å². The second-order valence-electron chi connectivity index (χ2n) is 12.2. The van der Waals surface area contributed by atoms with E-state index < -0.39 is 40.3 Å². The van der Waals surface area contributed by atoms with Crippen LogP contribution in [-0.4, -0.2) is 51.8 Å². The normalized spacial score (nSPS) is 39.3. The first-order valence-electron chi connectivity index (χ1n) is 13.4. The number of benzene rings is 1. The first-order chi connectivity index (χ1) is 18.0. The predicted octanol–water partition coefficient (Wildman–Crippen LogP) is 5.07. The molecule has 1 heterocycles. The van der Waals surface area contributed by atoms with Crippen molar-refractivity contribution in [3.05, 3.63) is 65.3 Å². The fourth-order valence-corrected chi connectivity index (χ4v) is 8.54. The lowest BCUT2D eigenvalue weighted by Crippen LogP contribution is -2.67. The van der Waals surface area contributed by atoms with Gasteiger partial charge in [-0.05, 0) is 71.9 Å². The molecule has 8 atom stereocenters. The molecule has 1 aromatic carbocycles. The van der Waals surface area contributed by atoms with Crippen LogP contribution in [0.5, 0.6) is 0 Å². The highest BCUT2D eigenvalue weighted by atomic mass is 19.1. The minimum Gasteiger partial charge on any atom is -0.390 e. The van der Waals surface area contributed by atoms with Crippen molar-refractivity contribution in [2.24, 2.45) is 34.5 Å². The number of aliphatic hydroxyl groups excluding tert-OH is 1. The Balaban J connectivity index is 1.46. The van der Waals surface area contributed by atoms with Crippen molar-refractivity contribution < 1.29 is 23.5 Å². The third kappa shape index (κ3) is 3.10. The molecule has 1 N–H and O–H groups in total. The van der Waals surface area contributed by atoms with Crippen LogP contribution in [0.4, 0.5) is 8.78 Å². The van der Waals surface area contributed by atoms with Crippen molar-refractivity contribution in [2.45, 2.75) is 51.8 Å². The summed E-state index contributed by atoms with van der Waals surface area (Å²) in [6.45, 7) is 5.69. The molecule has 0 saturated heterocycles. The lowest BCUT2D eigenvalue weighted by molar-refractivity contribution is -0.198. The third-order valence-corrected chi connectivity index (χ3v) is 10.4. The second-order valence-corrected chi connectivity index (χ2v) is 12.2. The molecule has 0 bridgehead atoms. The molecule has 6 nitrogen and oxygen atoms in total. The molecule has 38 heavy (non-hydrogen) atoms. The average molecular weight is 524 g/mol. The number of amides is 1. The van der Waals surface area contributed by atoms with Gasteiger partial charge in [0.1, 0.15) is 5.83 Å². The Morgan fingerprint density at radius 3 is 2.66 bits per heavy atom. The summed E-state index contributed by atoms with van der Waals surface area (Å²) in [5, 5.41) is 17.4. The maximum absolute atomic E-state index is 17.8. The number of allylic oxidation sites excluding steroid dienone is 3. The van der Waals surface area contributed by atoms with E-state index in [1.165, 1.54) is 18.2 Å². The van der Waals surface area contributed by atoms with Crippen molar-refractivity contribution in [2.75, 3.05) is 14.2 Å². The number of fused-ring (bicyclic) bond motifs is 6. The van der Waals surface area contributed by atoms with Crippen LogP contribution < -0.4 is 0 Å². The van der Waals surface area contributed by atoms with Gasteiger partial charge < -0.3 is 5.11 Å². The lowest BCUT2D eigenvalue weighted by atomic mass is 9.46. The third-order valence-electron chi connectivity index (χ3n) is 10.4. The molecule has 8 heteroatoms. The van der Waals surface area contributed by atoms with Gasteiger partial charge in [0.2, 0.25) is 5.91 Å². The zero-order valence-electron chi connectivity index (χ0n) is 22.5. The fraction of sp³-hybridized carbons (Fsp3) is 0.533. The number of para-hydroxylation sites is 1. The van der Waals surface area contributed by atoms with E-state index in [1.807, 2.05) is 44.2 Å². The Labute approximate surface area is 221 Å². The van der Waals surface area contributed by atoms with E-state index in [0.717, 1.165) is 16.9 Å². The Morgan fingerprint density at radius 2 is 1.97 bits per heavy atom. The number of hydrogen-bond donors (Lipinski definition) is 1. The minimum absolute atomic E-state index is 0.0621. The fourth-order valence-electron chi connectivity index (χ4n) is 8.54. The summed E-state index contributed by atoms with van der Waals surface area (Å²) < 4.78 is 35.6. The van der Waals surface area contributed by atoms with Crippen LogP contribution in [0.3, 0.4) is 0 Å². The van der Waals surface area contributed by atoms with Crippen LogP contribution in [0.15, 0.2) is 54.0 Å². The van der Waals surface area contributed by atoms with Crippen LogP contribution >= 0.6 is 0 Å². The average Bonchev–Trinajstić information content (AvgIpc) is 3.41. The molecular formula is C30H35F2N3O3. The van der Waals surface area contributed by atoms with Gasteiger partial charge in [0, 0.05) is 24.3 Å². The van der Waals surface area contributed by atoms with E-state index in [9.17, 15) is 9.90 Å². The van der Waals surface area contributed by atoms with Gasteiger partial charge in [-0.25, -0.2) is 18.5 Å². The van der Waals surface area contributed by atoms with Crippen molar-refractivity contribution in [1.29, 1.82) is 0 Å². The van der Waals surface area contributed by atoms with E-state index in [0.29, 0.717) is 6.42 Å². The number of aromatic nitrogens is 2. The van der Waals surface area contributed by atoms with Crippen LogP contribution in [-0.2, 0) is 16.1 Å². The molecule has 0 radical (unpaired) electrons. The second kappa shape index (κ2) is 8.33. The van der Waals surface area contributed by atoms with Crippen molar-refractivity contribution >= 4 is 12.0 Å². The smallest absolute Gasteiger partial charge is 0.249 e. The highest BCUT2D eigenvalue weighted by Crippen LogP contribution is 2.70. The molecule has 4 aliphatic carbocycles. The summed E-state index contributed by atoms with van der Waals surface area (Å²) in [7, 11) is 3.00. The van der Waals surface area contributed by atoms with E-state index in [-0.39, 0.29) is 36.2 Å². The largest absolute Gasteiger partial charge is 0.390 e. The summed E-state index contributed by atoms with van der Waals surface area (Å²) in [6.07, 6.45) is 4.38. The van der Waals surface area contributed by atoms with Gasteiger partial charge in [-0.3, -0.25) is 9.63 Å². The maximum Gasteiger partial charge on any atom is 0.249 e. The summed E-state index contributed by atoms with van der Waals surface area (Å²) in [6, 6.07) is 9.58. The number of carbonyl (C=O) groups is 1. The highest BCUT2D eigenvalue weighted by Gasteiger charge is 2.72. The Bertz CT molecular complexity index is 1360. The number of nitrogens with zero attached hydrogens (tertiary/aromatic N) is 3. The monoisotopic (exact) mass is 523 g/mol. The number of halogens is 2. The highest BCUT2D eigenvalue weighted by molar-refractivity contribution is 5.79.